The summed E-state index contributed by atoms with van der Waals surface area (Å²) in [6.45, 7) is 0. The molecule has 0 spiro atoms. The molecule has 0 aromatic heterocycles. The number of thioether (sulfide) groups is 1. The van der Waals surface area contributed by atoms with E-state index in [2.05, 4.69) is 40.7 Å². The molecule has 0 unspecified atom stereocenters. The smallest absolute Gasteiger partial charge is 0.102 e. The fourth-order valence-electron chi connectivity index (χ4n) is 1.05. The van der Waals surface area contributed by atoms with Crippen LogP contribution in [0.3, 0.4) is 0 Å². The first-order valence-corrected chi connectivity index (χ1v) is 5.07. The molecular weight excluding hydrogens is 182 g/mol. The van der Waals surface area contributed by atoms with Crippen LogP contribution in [0.5, 0.6) is 0 Å². The van der Waals surface area contributed by atoms with E-state index in [-0.39, 0.29) is 0 Å². The topological polar surface area (TPSA) is 36.1 Å². The highest BCUT2D eigenvalue weighted by atomic mass is 32.2. The van der Waals surface area contributed by atoms with Crippen molar-refractivity contribution in [1.29, 1.82) is 0 Å². The van der Waals surface area contributed by atoms with Gasteiger partial charge in [-0.1, -0.05) is 30.3 Å². The number of hydrazine groups is 2. The highest BCUT2D eigenvalue weighted by Gasteiger charge is 2.01. The lowest BCUT2D eigenvalue weighted by atomic mass is 10.2. The van der Waals surface area contributed by atoms with Crippen LogP contribution >= 0.6 is 11.8 Å². The second-order valence-electron chi connectivity index (χ2n) is 2.68. The van der Waals surface area contributed by atoms with Gasteiger partial charge in [-0.2, -0.15) is 5.53 Å². The summed E-state index contributed by atoms with van der Waals surface area (Å²) in [6, 6.07) is 10.4. The lowest BCUT2D eigenvalue weighted by Crippen LogP contribution is -2.31. The van der Waals surface area contributed by atoms with Crippen LogP contribution in [0, 0.1) is 0 Å². The fourth-order valence-corrected chi connectivity index (χ4v) is 1.83. The molecule has 0 radical (unpaired) electrons. The summed E-state index contributed by atoms with van der Waals surface area (Å²) < 4.78 is 0. The molecule has 0 atom stereocenters. The highest BCUT2D eigenvalue weighted by molar-refractivity contribution is 8.02. The van der Waals surface area contributed by atoms with Gasteiger partial charge in [-0.05, 0) is 5.56 Å². The van der Waals surface area contributed by atoms with E-state index >= 15 is 0 Å². The van der Waals surface area contributed by atoms with Gasteiger partial charge in [0.25, 0.3) is 0 Å². The molecular formula is C9H11N3S. The average molecular weight is 193 g/mol. The molecule has 4 heteroatoms. The van der Waals surface area contributed by atoms with Gasteiger partial charge in [-0.15, -0.1) is 11.8 Å². The number of benzene rings is 1. The molecule has 3 nitrogen and oxygen atoms in total. The van der Waals surface area contributed by atoms with Crippen LogP contribution in [-0.2, 0) is 5.75 Å². The first-order chi connectivity index (χ1) is 6.45. The summed E-state index contributed by atoms with van der Waals surface area (Å²) >= 11 is 1.76. The summed E-state index contributed by atoms with van der Waals surface area (Å²) in [4.78, 5) is 0. The Kier molecular flexibility index (Phi) is 2.74. The van der Waals surface area contributed by atoms with Crippen molar-refractivity contribution in [3.8, 4) is 0 Å². The Hall–Kier alpha value is -1.13. The summed E-state index contributed by atoms with van der Waals surface area (Å²) in [7, 11) is 0. The molecule has 1 aliphatic heterocycles. The molecule has 1 aromatic rings. The van der Waals surface area contributed by atoms with E-state index in [0.29, 0.717) is 0 Å². The van der Waals surface area contributed by atoms with Crippen LogP contribution in [-0.4, -0.2) is 0 Å². The Morgan fingerprint density at radius 2 is 2.00 bits per heavy atom. The molecule has 2 rings (SSSR count). The molecule has 0 bridgehead atoms. The Morgan fingerprint density at radius 1 is 1.15 bits per heavy atom. The third-order valence-electron chi connectivity index (χ3n) is 1.70. The molecule has 0 saturated heterocycles. The molecule has 0 saturated carbocycles. The third-order valence-corrected chi connectivity index (χ3v) is 2.71. The van der Waals surface area contributed by atoms with Crippen molar-refractivity contribution in [2.24, 2.45) is 0 Å². The van der Waals surface area contributed by atoms with Gasteiger partial charge in [0.1, 0.15) is 5.03 Å². The molecule has 0 amide bonds. The molecule has 1 aromatic carbocycles. The Morgan fingerprint density at radius 3 is 2.69 bits per heavy atom. The molecule has 1 aliphatic rings. The second-order valence-corrected chi connectivity index (χ2v) is 3.69. The van der Waals surface area contributed by atoms with Crippen LogP contribution < -0.4 is 16.4 Å². The predicted octanol–water partition coefficient (Wildman–Crippen LogP) is 1.33. The average Bonchev–Trinajstić information content (AvgIpc) is 2.69. The van der Waals surface area contributed by atoms with Gasteiger partial charge in [0.05, 0.1) is 0 Å². The predicted molar refractivity (Wildman–Crippen MR) is 55.2 cm³/mol. The van der Waals surface area contributed by atoms with Crippen molar-refractivity contribution in [3.63, 3.8) is 0 Å². The highest BCUT2D eigenvalue weighted by Crippen LogP contribution is 2.18. The number of hydrogen-bond donors (Lipinski definition) is 3. The second kappa shape index (κ2) is 4.20. The van der Waals surface area contributed by atoms with E-state index in [1.54, 1.807) is 11.8 Å². The third kappa shape index (κ3) is 2.40. The van der Waals surface area contributed by atoms with Gasteiger partial charge in [0.15, 0.2) is 0 Å². The van der Waals surface area contributed by atoms with Crippen LogP contribution in [0.2, 0.25) is 0 Å². The molecule has 68 valence electrons. The van der Waals surface area contributed by atoms with Crippen molar-refractivity contribution in [2.45, 2.75) is 5.75 Å². The van der Waals surface area contributed by atoms with E-state index in [0.717, 1.165) is 10.8 Å². The van der Waals surface area contributed by atoms with Crippen LogP contribution in [0.4, 0.5) is 0 Å². The van der Waals surface area contributed by atoms with Crippen molar-refractivity contribution in [3.05, 3.63) is 47.1 Å². The largest absolute Gasteiger partial charge is 0.309 e. The first-order valence-electron chi connectivity index (χ1n) is 4.08. The summed E-state index contributed by atoms with van der Waals surface area (Å²) in [5.74, 6) is 0.989. The zero-order valence-corrected chi connectivity index (χ0v) is 7.90. The van der Waals surface area contributed by atoms with Gasteiger partial charge in [-0.3, -0.25) is 5.43 Å². The zero-order chi connectivity index (χ0) is 8.93. The van der Waals surface area contributed by atoms with Crippen LogP contribution in [0.1, 0.15) is 5.56 Å². The van der Waals surface area contributed by atoms with E-state index in [4.69, 9.17) is 0 Å². The number of hydrogen-bond acceptors (Lipinski definition) is 4. The molecule has 3 N–H and O–H groups in total. The van der Waals surface area contributed by atoms with Gasteiger partial charge in [-0.25, -0.2) is 0 Å². The standard InChI is InChI=1S/C9H11N3S/c1-2-4-8(5-3-1)7-13-9-6-10-12-11-9/h1-6,10-12H,7H2. The SMILES string of the molecule is C1=C(SCc2ccccc2)NNN1. The fraction of sp³-hybridized carbons (Fsp3) is 0.111. The Balaban J connectivity index is 1.86. The summed E-state index contributed by atoms with van der Waals surface area (Å²) in [5.41, 5.74) is 9.98. The lowest BCUT2D eigenvalue weighted by Gasteiger charge is -2.02. The van der Waals surface area contributed by atoms with Crippen LogP contribution in [0.25, 0.3) is 0 Å². The number of rotatable bonds is 3. The van der Waals surface area contributed by atoms with Crippen molar-refractivity contribution < 1.29 is 0 Å². The van der Waals surface area contributed by atoms with Gasteiger partial charge < -0.3 is 5.43 Å². The summed E-state index contributed by atoms with van der Waals surface area (Å²) in [5, 5.41) is 1.11. The minimum atomic E-state index is 0.989. The maximum absolute atomic E-state index is 2.99. The maximum atomic E-state index is 2.99. The Bertz CT molecular complexity index is 297. The number of nitrogens with one attached hydrogen (secondary N) is 3. The monoisotopic (exact) mass is 193 g/mol. The molecule has 1 heterocycles. The maximum Gasteiger partial charge on any atom is 0.102 e. The normalized spacial score (nSPS) is 14.6. The minimum absolute atomic E-state index is 0.989. The first kappa shape index (κ1) is 8.47. The van der Waals surface area contributed by atoms with E-state index in [9.17, 15) is 0 Å². The summed E-state index contributed by atoms with van der Waals surface area (Å²) in [6.07, 6.45) is 1.91. The van der Waals surface area contributed by atoms with Gasteiger partial charge in [0.2, 0.25) is 0 Å². The van der Waals surface area contributed by atoms with Crippen LogP contribution in [0.15, 0.2) is 41.6 Å². The Labute approximate surface area is 81.5 Å². The minimum Gasteiger partial charge on any atom is -0.309 e. The van der Waals surface area contributed by atoms with Crippen molar-refractivity contribution in [1.82, 2.24) is 16.4 Å². The molecule has 0 aliphatic carbocycles. The lowest BCUT2D eigenvalue weighted by molar-refractivity contribution is 0.611. The van der Waals surface area contributed by atoms with E-state index in [1.165, 1.54) is 5.56 Å². The quantitative estimate of drug-likeness (QED) is 0.677. The van der Waals surface area contributed by atoms with Gasteiger partial charge in [0, 0.05) is 12.0 Å². The van der Waals surface area contributed by atoms with Gasteiger partial charge >= 0.3 is 0 Å². The van der Waals surface area contributed by atoms with E-state index in [1.807, 2.05) is 12.3 Å². The van der Waals surface area contributed by atoms with E-state index < -0.39 is 0 Å². The van der Waals surface area contributed by atoms with Crippen molar-refractivity contribution >= 4 is 11.8 Å². The molecule has 0 fully saturated rings. The van der Waals surface area contributed by atoms with Crippen molar-refractivity contribution in [2.75, 3.05) is 0 Å². The molecule has 13 heavy (non-hydrogen) atoms. The zero-order valence-electron chi connectivity index (χ0n) is 7.08.